The lowest BCUT2D eigenvalue weighted by Gasteiger charge is -2.43. The zero-order chi connectivity index (χ0) is 18.3. The van der Waals surface area contributed by atoms with Crippen LogP contribution in [-0.2, 0) is 23.8 Å². The molecule has 1 amide bonds. The molecule has 0 aromatic heterocycles. The number of rotatable bonds is 4. The van der Waals surface area contributed by atoms with Crippen molar-refractivity contribution in [3.8, 4) is 0 Å². The van der Waals surface area contributed by atoms with Crippen molar-refractivity contribution in [1.82, 2.24) is 5.32 Å². The van der Waals surface area contributed by atoms with Gasteiger partial charge in [0.25, 0.3) is 0 Å². The first-order valence-corrected chi connectivity index (χ1v) is 7.73. The monoisotopic (exact) mass is 363 g/mol. The summed E-state index contributed by atoms with van der Waals surface area (Å²) in [6, 6.07) is 0. The molecular formula is C11H16F3NO7S. The summed E-state index contributed by atoms with van der Waals surface area (Å²) in [7, 11) is -5.83. The summed E-state index contributed by atoms with van der Waals surface area (Å²) in [4.78, 5) is 22.8. The number of halogens is 3. The molecule has 1 aliphatic carbocycles. The van der Waals surface area contributed by atoms with Crippen LogP contribution in [0.4, 0.5) is 18.0 Å². The van der Waals surface area contributed by atoms with Gasteiger partial charge in [-0.15, -0.1) is 0 Å². The molecule has 0 atom stereocenters. The van der Waals surface area contributed by atoms with E-state index >= 15 is 0 Å². The standard InChI is InChI=1S/C11H16F3NO7S/c1-9(2,3)21-8(18)15-10(7(16)17)4-6(5-10)22-23(19,20)11(12,13)14/h6H,4-5H2,1-3H3,(H,15,18)(H,16,17). The van der Waals surface area contributed by atoms with E-state index in [0.717, 1.165) is 0 Å². The fraction of sp³-hybridized carbons (Fsp3) is 0.818. The fourth-order valence-corrected chi connectivity index (χ4v) is 2.45. The molecule has 2 N–H and O–H groups in total. The molecule has 1 rings (SSSR count). The Morgan fingerprint density at radius 2 is 1.70 bits per heavy atom. The highest BCUT2D eigenvalue weighted by Crippen LogP contribution is 2.38. The zero-order valence-electron chi connectivity index (χ0n) is 12.4. The van der Waals surface area contributed by atoms with E-state index < -0.39 is 57.8 Å². The van der Waals surface area contributed by atoms with Crippen LogP contribution in [0.15, 0.2) is 0 Å². The Morgan fingerprint density at radius 1 is 1.22 bits per heavy atom. The molecule has 1 aliphatic rings. The van der Waals surface area contributed by atoms with Gasteiger partial charge >= 0.3 is 27.7 Å². The number of alkyl carbamates (subject to hydrolysis) is 1. The summed E-state index contributed by atoms with van der Waals surface area (Å²) < 4.78 is 67.0. The van der Waals surface area contributed by atoms with Crippen LogP contribution in [0, 0.1) is 0 Å². The van der Waals surface area contributed by atoms with Crippen molar-refractivity contribution in [1.29, 1.82) is 0 Å². The molecule has 0 spiro atoms. The van der Waals surface area contributed by atoms with Crippen molar-refractivity contribution < 1.29 is 45.2 Å². The highest BCUT2D eigenvalue weighted by Gasteiger charge is 2.57. The number of carbonyl (C=O) groups excluding carboxylic acids is 1. The molecule has 0 aliphatic heterocycles. The third-order valence-electron chi connectivity index (χ3n) is 2.85. The van der Waals surface area contributed by atoms with Crippen LogP contribution in [0.5, 0.6) is 0 Å². The van der Waals surface area contributed by atoms with Crippen LogP contribution < -0.4 is 5.32 Å². The van der Waals surface area contributed by atoms with Gasteiger partial charge in [-0.1, -0.05) is 0 Å². The summed E-state index contributed by atoms with van der Waals surface area (Å²) in [5.74, 6) is -1.53. The van der Waals surface area contributed by atoms with Gasteiger partial charge in [0.1, 0.15) is 11.1 Å². The fourth-order valence-electron chi connectivity index (χ4n) is 1.85. The molecule has 1 fully saturated rings. The summed E-state index contributed by atoms with van der Waals surface area (Å²) in [5.41, 5.74) is -8.45. The van der Waals surface area contributed by atoms with Crippen molar-refractivity contribution in [3.63, 3.8) is 0 Å². The Bertz CT molecular complexity index is 588. The number of carbonyl (C=O) groups is 2. The van der Waals surface area contributed by atoms with Crippen LogP contribution in [0.2, 0.25) is 0 Å². The molecule has 0 saturated heterocycles. The van der Waals surface area contributed by atoms with E-state index in [-0.39, 0.29) is 0 Å². The summed E-state index contributed by atoms with van der Waals surface area (Å²) in [6.07, 6.45) is -3.88. The molecule has 0 heterocycles. The minimum absolute atomic E-state index is 0.642. The second-order valence-electron chi connectivity index (χ2n) is 6.04. The molecule has 8 nitrogen and oxygen atoms in total. The topological polar surface area (TPSA) is 119 Å². The van der Waals surface area contributed by atoms with Crippen molar-refractivity contribution in [2.45, 2.75) is 56.4 Å². The highest BCUT2D eigenvalue weighted by molar-refractivity contribution is 7.87. The van der Waals surface area contributed by atoms with Crippen molar-refractivity contribution in [2.24, 2.45) is 0 Å². The van der Waals surface area contributed by atoms with Crippen LogP contribution >= 0.6 is 0 Å². The normalized spacial score (nSPS) is 25.4. The number of hydrogen-bond donors (Lipinski definition) is 2. The van der Waals surface area contributed by atoms with Crippen LogP contribution in [0.25, 0.3) is 0 Å². The van der Waals surface area contributed by atoms with Gasteiger partial charge in [0, 0.05) is 12.8 Å². The smallest absolute Gasteiger partial charge is 0.479 e. The Balaban J connectivity index is 2.73. The highest BCUT2D eigenvalue weighted by atomic mass is 32.2. The number of carboxylic acids is 1. The first-order chi connectivity index (χ1) is 10.1. The predicted octanol–water partition coefficient (Wildman–Crippen LogP) is 1.36. The number of hydrogen-bond acceptors (Lipinski definition) is 6. The second-order valence-corrected chi connectivity index (χ2v) is 7.60. The quantitative estimate of drug-likeness (QED) is 0.572. The number of aliphatic carboxylic acids is 1. The number of nitrogens with one attached hydrogen (secondary N) is 1. The molecule has 0 unspecified atom stereocenters. The minimum Gasteiger partial charge on any atom is -0.479 e. The largest absolute Gasteiger partial charge is 0.523 e. The van der Waals surface area contributed by atoms with Gasteiger partial charge in [0.2, 0.25) is 0 Å². The van der Waals surface area contributed by atoms with Crippen LogP contribution in [-0.4, -0.2) is 48.3 Å². The maximum absolute atomic E-state index is 12.2. The van der Waals surface area contributed by atoms with Crippen molar-refractivity contribution in [2.75, 3.05) is 0 Å². The third-order valence-corrected chi connectivity index (χ3v) is 3.94. The molecule has 134 valence electrons. The van der Waals surface area contributed by atoms with E-state index in [4.69, 9.17) is 9.84 Å². The van der Waals surface area contributed by atoms with E-state index in [0.29, 0.717) is 0 Å². The summed E-state index contributed by atoms with van der Waals surface area (Å²) in [5, 5.41) is 11.1. The van der Waals surface area contributed by atoms with E-state index in [1.807, 2.05) is 5.32 Å². The van der Waals surface area contributed by atoms with Gasteiger partial charge in [-0.05, 0) is 20.8 Å². The molecule has 0 bridgehead atoms. The van der Waals surface area contributed by atoms with Crippen molar-refractivity contribution in [3.05, 3.63) is 0 Å². The van der Waals surface area contributed by atoms with Gasteiger partial charge in [-0.3, -0.25) is 4.18 Å². The van der Waals surface area contributed by atoms with Gasteiger partial charge in [-0.25, -0.2) is 9.59 Å². The number of ether oxygens (including phenoxy) is 1. The number of carboxylic acid groups (broad SMARTS) is 1. The lowest BCUT2D eigenvalue weighted by Crippen LogP contribution is -2.65. The molecule has 0 radical (unpaired) electrons. The van der Waals surface area contributed by atoms with E-state index in [1.165, 1.54) is 20.8 Å². The lowest BCUT2D eigenvalue weighted by molar-refractivity contribution is -0.153. The summed E-state index contributed by atoms with van der Waals surface area (Å²) >= 11 is 0. The van der Waals surface area contributed by atoms with Crippen LogP contribution in [0.1, 0.15) is 33.6 Å². The molecular weight excluding hydrogens is 347 g/mol. The average Bonchev–Trinajstić information content (AvgIpc) is 2.20. The lowest BCUT2D eigenvalue weighted by atomic mass is 9.74. The van der Waals surface area contributed by atoms with Crippen LogP contribution in [0.3, 0.4) is 0 Å². The Morgan fingerprint density at radius 3 is 2.04 bits per heavy atom. The van der Waals surface area contributed by atoms with Gasteiger partial charge < -0.3 is 15.2 Å². The van der Waals surface area contributed by atoms with Gasteiger partial charge in [-0.2, -0.15) is 21.6 Å². The number of amides is 1. The predicted molar refractivity (Wildman–Crippen MR) is 68.8 cm³/mol. The Hall–Kier alpha value is -1.56. The Labute approximate surface area is 130 Å². The minimum atomic E-state index is -5.83. The second kappa shape index (κ2) is 5.82. The van der Waals surface area contributed by atoms with Gasteiger partial charge in [0.05, 0.1) is 6.10 Å². The third kappa shape index (κ3) is 4.70. The number of alkyl halides is 3. The maximum atomic E-state index is 12.2. The Kier molecular flexibility index (Phi) is 4.93. The van der Waals surface area contributed by atoms with E-state index in [2.05, 4.69) is 4.18 Å². The molecule has 12 heteroatoms. The maximum Gasteiger partial charge on any atom is 0.523 e. The van der Waals surface area contributed by atoms with Crippen molar-refractivity contribution >= 4 is 22.2 Å². The van der Waals surface area contributed by atoms with E-state index in [1.54, 1.807) is 0 Å². The van der Waals surface area contributed by atoms with Gasteiger partial charge in [0.15, 0.2) is 0 Å². The average molecular weight is 363 g/mol. The summed E-state index contributed by atoms with van der Waals surface area (Å²) in [6.45, 7) is 4.59. The first kappa shape index (κ1) is 19.5. The molecule has 23 heavy (non-hydrogen) atoms. The molecule has 0 aromatic carbocycles. The van der Waals surface area contributed by atoms with E-state index in [9.17, 15) is 31.2 Å². The SMILES string of the molecule is CC(C)(C)OC(=O)NC1(C(=O)O)CC(OS(=O)(=O)C(F)(F)F)C1. The molecule has 1 saturated carbocycles. The zero-order valence-corrected chi connectivity index (χ0v) is 13.2. The molecule has 0 aromatic rings. The first-order valence-electron chi connectivity index (χ1n) is 6.32.